The Morgan fingerprint density at radius 1 is 1.19 bits per heavy atom. The number of hydrogen-bond acceptors (Lipinski definition) is 6. The van der Waals surface area contributed by atoms with Crippen molar-refractivity contribution in [2.24, 2.45) is 5.92 Å². The van der Waals surface area contributed by atoms with Crippen molar-refractivity contribution in [3.05, 3.63) is 16.1 Å². The summed E-state index contributed by atoms with van der Waals surface area (Å²) < 4.78 is 10.4. The number of hydrogen-bond donors (Lipinski definition) is 0. The van der Waals surface area contributed by atoms with Crippen LogP contribution in [-0.4, -0.2) is 48.1 Å². The van der Waals surface area contributed by atoms with E-state index in [1.54, 1.807) is 12.3 Å². The number of esters is 1. The van der Waals surface area contributed by atoms with Gasteiger partial charge >= 0.3 is 5.97 Å². The Hall–Kier alpha value is -1.47. The predicted molar refractivity (Wildman–Crippen MR) is 108 cm³/mol. The zero-order valence-corrected chi connectivity index (χ0v) is 18.0. The fourth-order valence-electron chi connectivity index (χ4n) is 2.83. The van der Waals surface area contributed by atoms with Gasteiger partial charge in [0, 0.05) is 31.1 Å². The number of rotatable bonds is 14. The van der Waals surface area contributed by atoms with Crippen LogP contribution in [0.3, 0.4) is 0 Å². The fourth-order valence-corrected chi connectivity index (χ4v) is 3.60. The molecule has 0 aliphatic heterocycles. The maximum absolute atomic E-state index is 13.1. The molecule has 27 heavy (non-hydrogen) atoms. The highest BCUT2D eigenvalue weighted by atomic mass is 32.1. The van der Waals surface area contributed by atoms with Crippen LogP contribution in [0, 0.1) is 5.92 Å². The van der Waals surface area contributed by atoms with E-state index in [0.717, 1.165) is 37.1 Å². The van der Waals surface area contributed by atoms with E-state index < -0.39 is 5.97 Å². The minimum Gasteiger partial charge on any atom is -0.461 e. The Morgan fingerprint density at radius 2 is 1.96 bits per heavy atom. The molecule has 154 valence electrons. The van der Waals surface area contributed by atoms with E-state index in [0.29, 0.717) is 38.6 Å². The fraction of sp³-hybridized carbons (Fsp3) is 0.750. The quantitative estimate of drug-likeness (QED) is 0.345. The second kappa shape index (κ2) is 13.7. The van der Waals surface area contributed by atoms with Crippen molar-refractivity contribution in [3.8, 4) is 0 Å². The Labute approximate surface area is 167 Å². The van der Waals surface area contributed by atoms with E-state index in [9.17, 15) is 9.59 Å². The van der Waals surface area contributed by atoms with E-state index in [1.807, 2.05) is 11.8 Å². The molecule has 0 aliphatic rings. The van der Waals surface area contributed by atoms with Gasteiger partial charge in [0.25, 0.3) is 0 Å². The van der Waals surface area contributed by atoms with E-state index in [1.165, 1.54) is 11.3 Å². The average molecular weight is 399 g/mol. The van der Waals surface area contributed by atoms with Crippen LogP contribution in [0.15, 0.2) is 5.38 Å². The summed E-state index contributed by atoms with van der Waals surface area (Å²) in [6.07, 6.45) is 4.69. The summed E-state index contributed by atoms with van der Waals surface area (Å²) in [6, 6.07) is 0. The molecular formula is C20H34N2O4S. The second-order valence-corrected chi connectivity index (χ2v) is 7.35. The smallest absolute Gasteiger partial charge is 0.357 e. The Kier molecular flexibility index (Phi) is 11.9. The summed E-state index contributed by atoms with van der Waals surface area (Å²) in [7, 11) is 0. The maximum atomic E-state index is 13.1. The highest BCUT2D eigenvalue weighted by molar-refractivity contribution is 7.09. The predicted octanol–water partition coefficient (Wildman–Crippen LogP) is 4.29. The van der Waals surface area contributed by atoms with Gasteiger partial charge in [-0.15, -0.1) is 11.3 Å². The molecule has 1 atom stereocenters. The molecule has 1 aromatic rings. The number of ether oxygens (including phenoxy) is 2. The SMILES string of the molecule is CCCC[C@@H](CC)C(=O)N(CCCOCC)Cc1nc(C(=O)OCC)cs1. The first-order chi connectivity index (χ1) is 13.1. The van der Waals surface area contributed by atoms with Crippen molar-refractivity contribution in [1.82, 2.24) is 9.88 Å². The first kappa shape index (κ1) is 23.6. The van der Waals surface area contributed by atoms with Crippen LogP contribution in [0.2, 0.25) is 0 Å². The summed E-state index contributed by atoms with van der Waals surface area (Å²) in [5.41, 5.74) is 0.316. The van der Waals surface area contributed by atoms with E-state index in [4.69, 9.17) is 9.47 Å². The van der Waals surface area contributed by atoms with Gasteiger partial charge in [0.15, 0.2) is 5.69 Å². The van der Waals surface area contributed by atoms with Gasteiger partial charge in [0.05, 0.1) is 13.2 Å². The lowest BCUT2D eigenvalue weighted by Crippen LogP contribution is -2.36. The Bertz CT molecular complexity index is 562. The van der Waals surface area contributed by atoms with Crippen molar-refractivity contribution in [2.75, 3.05) is 26.4 Å². The molecule has 0 saturated carbocycles. The third-order valence-electron chi connectivity index (χ3n) is 4.34. The number of carbonyl (C=O) groups excluding carboxylic acids is 2. The minimum absolute atomic E-state index is 0.0431. The number of amides is 1. The van der Waals surface area contributed by atoms with Crippen LogP contribution < -0.4 is 0 Å². The number of aromatic nitrogens is 1. The van der Waals surface area contributed by atoms with Gasteiger partial charge in [0.1, 0.15) is 5.01 Å². The van der Waals surface area contributed by atoms with E-state index >= 15 is 0 Å². The standard InChI is InChI=1S/C20H34N2O4S/c1-5-9-11-16(6-2)19(23)22(12-10-13-25-7-3)14-18-21-17(15-27-18)20(24)26-8-4/h15-16H,5-14H2,1-4H3/t16-/m1/s1. The highest BCUT2D eigenvalue weighted by Crippen LogP contribution is 2.20. The van der Waals surface area contributed by atoms with Gasteiger partial charge < -0.3 is 14.4 Å². The summed E-state index contributed by atoms with van der Waals surface area (Å²) >= 11 is 1.39. The van der Waals surface area contributed by atoms with Gasteiger partial charge in [-0.3, -0.25) is 4.79 Å². The van der Waals surface area contributed by atoms with E-state index in [2.05, 4.69) is 18.8 Å². The van der Waals surface area contributed by atoms with Gasteiger partial charge in [-0.05, 0) is 33.1 Å². The van der Waals surface area contributed by atoms with Gasteiger partial charge in [-0.1, -0.05) is 26.7 Å². The van der Waals surface area contributed by atoms with Crippen LogP contribution in [0.1, 0.15) is 75.3 Å². The molecule has 0 saturated heterocycles. The molecule has 0 aliphatic carbocycles. The number of unbranched alkanes of at least 4 members (excludes halogenated alkanes) is 1. The lowest BCUT2D eigenvalue weighted by Gasteiger charge is -2.26. The van der Waals surface area contributed by atoms with E-state index in [-0.39, 0.29) is 11.8 Å². The monoisotopic (exact) mass is 398 g/mol. The van der Waals surface area contributed by atoms with Gasteiger partial charge in [-0.2, -0.15) is 0 Å². The summed E-state index contributed by atoms with van der Waals surface area (Å²) in [6.45, 7) is 10.6. The topological polar surface area (TPSA) is 68.7 Å². The zero-order valence-electron chi connectivity index (χ0n) is 17.2. The van der Waals surface area contributed by atoms with Crippen molar-refractivity contribution in [3.63, 3.8) is 0 Å². The molecule has 7 heteroatoms. The molecule has 0 unspecified atom stereocenters. The van der Waals surface area contributed by atoms with Crippen molar-refractivity contribution < 1.29 is 19.1 Å². The molecule has 0 fully saturated rings. The van der Waals surface area contributed by atoms with Crippen LogP contribution in [-0.2, 0) is 20.8 Å². The second-order valence-electron chi connectivity index (χ2n) is 6.40. The number of carbonyl (C=O) groups is 2. The van der Waals surface area contributed by atoms with Crippen molar-refractivity contribution >= 4 is 23.2 Å². The first-order valence-electron chi connectivity index (χ1n) is 10.0. The van der Waals surface area contributed by atoms with Crippen molar-refractivity contribution in [2.45, 2.75) is 66.3 Å². The van der Waals surface area contributed by atoms with Crippen molar-refractivity contribution in [1.29, 1.82) is 0 Å². The third kappa shape index (κ3) is 8.39. The Balaban J connectivity index is 2.80. The van der Waals surface area contributed by atoms with Crippen LogP contribution in [0.4, 0.5) is 0 Å². The average Bonchev–Trinajstić information content (AvgIpc) is 3.13. The molecular weight excluding hydrogens is 364 g/mol. The molecule has 0 radical (unpaired) electrons. The molecule has 1 aromatic heterocycles. The number of thiazole rings is 1. The van der Waals surface area contributed by atoms with Gasteiger partial charge in [-0.25, -0.2) is 9.78 Å². The minimum atomic E-state index is -0.413. The molecule has 0 N–H and O–H groups in total. The highest BCUT2D eigenvalue weighted by Gasteiger charge is 2.24. The van der Waals surface area contributed by atoms with Gasteiger partial charge in [0.2, 0.25) is 5.91 Å². The summed E-state index contributed by atoms with van der Waals surface area (Å²) in [5, 5.41) is 2.46. The molecule has 0 spiro atoms. The van der Waals surface area contributed by atoms with Crippen LogP contribution in [0.25, 0.3) is 0 Å². The van der Waals surface area contributed by atoms with Crippen LogP contribution in [0.5, 0.6) is 0 Å². The Morgan fingerprint density at radius 3 is 2.59 bits per heavy atom. The largest absolute Gasteiger partial charge is 0.461 e. The lowest BCUT2D eigenvalue weighted by atomic mass is 9.97. The molecule has 1 amide bonds. The molecule has 0 bridgehead atoms. The third-order valence-corrected chi connectivity index (χ3v) is 5.18. The molecule has 1 heterocycles. The lowest BCUT2D eigenvalue weighted by molar-refractivity contribution is -0.136. The zero-order chi connectivity index (χ0) is 20.1. The molecule has 1 rings (SSSR count). The maximum Gasteiger partial charge on any atom is 0.357 e. The number of nitrogens with zero attached hydrogens (tertiary/aromatic N) is 2. The normalized spacial score (nSPS) is 12.0. The first-order valence-corrected chi connectivity index (χ1v) is 10.9. The van der Waals surface area contributed by atoms with Crippen LogP contribution >= 0.6 is 11.3 Å². The molecule has 0 aromatic carbocycles. The summed E-state index contributed by atoms with van der Waals surface area (Å²) in [5.74, 6) is -0.194. The summed E-state index contributed by atoms with van der Waals surface area (Å²) in [4.78, 5) is 31.1. The molecule has 6 nitrogen and oxygen atoms in total.